The van der Waals surface area contributed by atoms with E-state index in [0.717, 1.165) is 0 Å². The molecular formula is CK2O6S-2. The summed E-state index contributed by atoms with van der Waals surface area (Å²) in [5.41, 5.74) is 0. The molecule has 0 radical (unpaired) electrons. The van der Waals surface area contributed by atoms with Crippen molar-refractivity contribution >= 4 is 17.5 Å². The summed E-state index contributed by atoms with van der Waals surface area (Å²) < 4.78 is 25.3. The Morgan fingerprint density at radius 1 is 1.10 bits per heavy atom. The molecule has 9 heteroatoms. The number of carboxylic acid groups (broad SMARTS) is 2. The minimum atomic E-state index is -3.11. The van der Waals surface area contributed by atoms with E-state index >= 15 is 0 Å². The van der Waals surface area contributed by atoms with Gasteiger partial charge in [-0.1, -0.05) is 0 Å². The van der Waals surface area contributed by atoms with Crippen LogP contribution in [0.2, 0.25) is 0 Å². The summed E-state index contributed by atoms with van der Waals surface area (Å²) in [6, 6.07) is 0. The van der Waals surface area contributed by atoms with Crippen LogP contribution < -0.4 is 113 Å². The Kier molecular flexibility index (Phi) is 40.4. The van der Waals surface area contributed by atoms with Crippen LogP contribution in [-0.4, -0.2) is 19.5 Å². The molecule has 0 aliphatic carbocycles. The normalized spacial score (nSPS) is 5.90. The molecule has 0 heterocycles. The van der Waals surface area contributed by atoms with Crippen molar-refractivity contribution in [2.45, 2.75) is 0 Å². The zero-order valence-electron chi connectivity index (χ0n) is 5.36. The second-order valence-electron chi connectivity index (χ2n) is 0.454. The maximum atomic E-state index is 8.44. The molecule has 0 fully saturated rings. The number of rotatable bonds is 0. The fourth-order valence-corrected chi connectivity index (χ4v) is 0. The van der Waals surface area contributed by atoms with Crippen LogP contribution in [0.5, 0.6) is 0 Å². The summed E-state index contributed by atoms with van der Waals surface area (Å²) in [6.07, 6.45) is -2.33. The predicted octanol–water partition coefficient (Wildman–Crippen LogP) is -9.44. The van der Waals surface area contributed by atoms with Crippen molar-refractivity contribution in [3.05, 3.63) is 0 Å². The molecule has 50 valence electrons. The van der Waals surface area contributed by atoms with Crippen molar-refractivity contribution < 1.29 is 131 Å². The van der Waals surface area contributed by atoms with Gasteiger partial charge in [0.15, 0.2) is 0 Å². The molecule has 0 amide bonds. The molecule has 6 nitrogen and oxygen atoms in total. The minimum absolute atomic E-state index is 0. The summed E-state index contributed by atoms with van der Waals surface area (Å²) in [5.74, 6) is 0. The molecule has 0 aromatic carbocycles. The largest absolute Gasteiger partial charge is 1.00 e. The Morgan fingerprint density at radius 2 is 1.10 bits per heavy atom. The maximum Gasteiger partial charge on any atom is 1.00 e. The van der Waals surface area contributed by atoms with Gasteiger partial charge < -0.3 is 24.1 Å². The van der Waals surface area contributed by atoms with Crippen LogP contribution in [-0.2, 0) is 11.4 Å². The number of hydrogen-bond donors (Lipinski definition) is 0. The van der Waals surface area contributed by atoms with Crippen LogP contribution >= 0.6 is 0 Å². The topological polar surface area (TPSA) is 126 Å². The van der Waals surface area contributed by atoms with Crippen molar-refractivity contribution in [2.24, 2.45) is 0 Å². The summed E-state index contributed by atoms with van der Waals surface area (Å²) >= 11 is -3.11. The fraction of sp³-hybridized carbons (Fsp3) is 0. The first-order valence-corrected chi connectivity index (χ1v) is 2.11. The van der Waals surface area contributed by atoms with Crippen molar-refractivity contribution in [3.8, 4) is 0 Å². The Balaban J connectivity index is -0.0000000300. The van der Waals surface area contributed by atoms with Gasteiger partial charge in [0.25, 0.3) is 0 Å². The van der Waals surface area contributed by atoms with E-state index in [1.54, 1.807) is 0 Å². The zero-order valence-corrected chi connectivity index (χ0v) is 12.4. The van der Waals surface area contributed by atoms with E-state index in [9.17, 15) is 0 Å². The summed E-state index contributed by atoms with van der Waals surface area (Å²) in [5, 5.41) is 16.7. The molecule has 0 aromatic rings. The van der Waals surface area contributed by atoms with Gasteiger partial charge in [-0.05, 0) is 6.16 Å². The number of hydrogen-bond acceptors (Lipinski definition) is 6. The van der Waals surface area contributed by atoms with Crippen LogP contribution in [0.4, 0.5) is 4.79 Å². The Hall–Kier alpha value is 2.61. The van der Waals surface area contributed by atoms with Gasteiger partial charge in [-0.15, -0.1) is 11.4 Å². The third-order valence-corrected chi connectivity index (χ3v) is 0. The third-order valence-electron chi connectivity index (χ3n) is 0. The summed E-state index contributed by atoms with van der Waals surface area (Å²) in [6.45, 7) is 0. The van der Waals surface area contributed by atoms with E-state index < -0.39 is 17.5 Å². The average molecular weight is 218 g/mol. The van der Waals surface area contributed by atoms with Gasteiger partial charge in [-0.2, -0.15) is 0 Å². The van der Waals surface area contributed by atoms with Crippen LogP contribution in [0, 0.1) is 0 Å². The quantitative estimate of drug-likeness (QED) is 0.293. The van der Waals surface area contributed by atoms with E-state index in [1.165, 1.54) is 0 Å². The molecule has 0 spiro atoms. The van der Waals surface area contributed by atoms with E-state index in [-0.39, 0.29) is 103 Å². The molecule has 0 rings (SSSR count). The molecule has 0 unspecified atom stereocenters. The van der Waals surface area contributed by atoms with Crippen molar-refractivity contribution in [3.63, 3.8) is 0 Å². The van der Waals surface area contributed by atoms with Crippen LogP contribution in [0.1, 0.15) is 0 Å². The molecule has 0 bridgehead atoms. The smallest absolute Gasteiger partial charge is 0.784 e. The SMILES string of the molecule is O=C([O-])[O-].O=S([O-])[O-].[K+].[K+]. The van der Waals surface area contributed by atoms with Gasteiger partial charge in [-0.25, -0.2) is 0 Å². The first kappa shape index (κ1) is 22.9. The molecule has 0 atom stereocenters. The van der Waals surface area contributed by atoms with Gasteiger partial charge in [0, 0.05) is 0 Å². The first-order valence-electron chi connectivity index (χ1n) is 1.11. The van der Waals surface area contributed by atoms with Crippen LogP contribution in [0.25, 0.3) is 0 Å². The first-order chi connectivity index (χ1) is 3.46. The van der Waals surface area contributed by atoms with E-state index in [1.807, 2.05) is 0 Å². The molecule has 0 aliphatic heterocycles. The van der Waals surface area contributed by atoms with E-state index in [2.05, 4.69) is 0 Å². The van der Waals surface area contributed by atoms with Crippen molar-refractivity contribution in [1.29, 1.82) is 0 Å². The summed E-state index contributed by atoms with van der Waals surface area (Å²) in [7, 11) is 0. The fourth-order valence-electron chi connectivity index (χ4n) is 0. The van der Waals surface area contributed by atoms with Crippen molar-refractivity contribution in [2.75, 3.05) is 0 Å². The van der Waals surface area contributed by atoms with E-state index in [0.29, 0.717) is 0 Å². The number of carbonyl (C=O) groups excluding carboxylic acids is 1. The van der Waals surface area contributed by atoms with Gasteiger partial charge >= 0.3 is 103 Å². The Bertz CT molecular complexity index is 73.7. The van der Waals surface area contributed by atoms with Gasteiger partial charge in [0.1, 0.15) is 0 Å². The predicted molar refractivity (Wildman–Crippen MR) is 15.1 cm³/mol. The third kappa shape index (κ3) is 144. The Morgan fingerprint density at radius 3 is 1.10 bits per heavy atom. The van der Waals surface area contributed by atoms with Crippen LogP contribution in [0.3, 0.4) is 0 Å². The molecule has 0 saturated carbocycles. The molecule has 10 heavy (non-hydrogen) atoms. The molecule has 0 aliphatic rings. The van der Waals surface area contributed by atoms with Crippen molar-refractivity contribution in [1.82, 2.24) is 0 Å². The van der Waals surface area contributed by atoms with Gasteiger partial charge in [0.05, 0.1) is 0 Å². The van der Waals surface area contributed by atoms with Gasteiger partial charge in [-0.3, -0.25) is 4.21 Å². The second kappa shape index (κ2) is 17.6. The molecule has 0 aromatic heterocycles. The van der Waals surface area contributed by atoms with Gasteiger partial charge in [0.2, 0.25) is 0 Å². The summed E-state index contributed by atoms with van der Waals surface area (Å²) in [4.78, 5) is 8.33. The van der Waals surface area contributed by atoms with E-state index in [4.69, 9.17) is 28.3 Å². The Labute approximate surface area is 145 Å². The zero-order chi connectivity index (χ0) is 7.15. The second-order valence-corrected chi connectivity index (χ2v) is 0.862. The number of carbonyl (C=O) groups is 1. The molecular weight excluding hydrogens is 218 g/mol. The average Bonchev–Trinajstić information content (AvgIpc) is 1.25. The standard InChI is InChI=1S/CH2O3.2K.H2O3S/c2-1(3)4;;;1-4(2)3/h(H2,2,3,4);;;(H2,1,2,3)/q;2*+1;/p-4. The monoisotopic (exact) mass is 218 g/mol. The minimum Gasteiger partial charge on any atom is -0.784 e. The molecule has 0 N–H and O–H groups in total. The molecule has 0 saturated heterocycles. The van der Waals surface area contributed by atoms with Crippen LogP contribution in [0.15, 0.2) is 0 Å². The maximum absolute atomic E-state index is 8.44.